The Morgan fingerprint density at radius 1 is 0.844 bits per heavy atom. The summed E-state index contributed by atoms with van der Waals surface area (Å²) in [5.74, 6) is -1.63. The van der Waals surface area contributed by atoms with Gasteiger partial charge in [0.15, 0.2) is 5.82 Å². The maximum Gasteiger partial charge on any atom is 0.471 e. The van der Waals surface area contributed by atoms with Crippen LogP contribution in [-0.4, -0.2) is 41.6 Å². The largest absolute Gasteiger partial charge is 0.471 e. The van der Waals surface area contributed by atoms with Gasteiger partial charge in [0.1, 0.15) is 5.82 Å². The van der Waals surface area contributed by atoms with Crippen LogP contribution in [0.5, 0.6) is 0 Å². The number of carbonyl (C=O) groups excluding carboxylic acids is 1. The molecule has 4 aromatic rings. The molecule has 0 bridgehead atoms. The van der Waals surface area contributed by atoms with Crippen molar-refractivity contribution in [3.63, 3.8) is 0 Å². The molecule has 0 fully saturated rings. The van der Waals surface area contributed by atoms with Crippen LogP contribution < -0.4 is 11.1 Å². The number of amides is 1. The highest BCUT2D eigenvalue weighted by molar-refractivity contribution is 5.94. The number of alkyl halides is 3. The molecule has 12 heteroatoms. The summed E-state index contributed by atoms with van der Waals surface area (Å²) in [7, 11) is 0. The van der Waals surface area contributed by atoms with Crippen LogP contribution in [-0.2, 0) is 17.9 Å². The minimum Gasteiger partial charge on any atom is -0.382 e. The van der Waals surface area contributed by atoms with Crippen LogP contribution in [0.25, 0.3) is 0 Å². The number of nitrogens with one attached hydrogen (secondary N) is 1. The predicted octanol–water partition coefficient (Wildman–Crippen LogP) is 2.74. The Bertz CT molecular complexity index is 1130. The van der Waals surface area contributed by atoms with Crippen molar-refractivity contribution in [2.45, 2.75) is 19.3 Å². The van der Waals surface area contributed by atoms with Gasteiger partial charge in [0.05, 0.1) is 13.1 Å². The average Bonchev–Trinajstić information content (AvgIpc) is 3.38. The average molecular weight is 444 g/mol. The molecule has 0 saturated carbocycles. The normalized spacial score (nSPS) is 10.8. The summed E-state index contributed by atoms with van der Waals surface area (Å²) in [5, 5.41) is 9.58. The number of nitrogen functional groups attached to an aromatic ring is 1. The third-order valence-electron chi connectivity index (χ3n) is 3.99. The number of hydrogen-bond acceptors (Lipinski definition) is 6. The van der Waals surface area contributed by atoms with Crippen LogP contribution in [0.2, 0.25) is 0 Å². The molecular formula is C20H19F3N8O. The van der Waals surface area contributed by atoms with Gasteiger partial charge in [-0.15, -0.1) is 0 Å². The molecular weight excluding hydrogens is 425 g/mol. The van der Waals surface area contributed by atoms with E-state index in [4.69, 9.17) is 5.73 Å². The summed E-state index contributed by atoms with van der Waals surface area (Å²) in [5.41, 5.74) is 7.55. The number of nitrogens with two attached hydrogens (primary N) is 1. The minimum atomic E-state index is -4.92. The molecule has 0 atom stereocenters. The van der Waals surface area contributed by atoms with Crippen LogP contribution in [0.3, 0.4) is 0 Å². The summed E-state index contributed by atoms with van der Waals surface area (Å²) in [6.45, 7) is 1.12. The van der Waals surface area contributed by atoms with Crippen LogP contribution in [0.4, 0.5) is 24.8 Å². The number of halogens is 3. The second-order valence-corrected chi connectivity index (χ2v) is 6.50. The molecule has 0 spiro atoms. The van der Waals surface area contributed by atoms with E-state index < -0.39 is 12.1 Å². The van der Waals surface area contributed by atoms with Crippen molar-refractivity contribution in [1.29, 1.82) is 0 Å². The lowest BCUT2D eigenvalue weighted by Crippen LogP contribution is -2.30. The standard InChI is InChI=1S/C11H9F3N4O.C9H10N4/c12-11(13,14)10(19)16-9-3-6-18(17-9)7-8-1-4-15-5-2-8;10-9-3-6-13(12-9)7-8-1-4-11-5-2-8/h1-6H,7H2,(H,16,17,19);1-6H,7H2,(H2,10,12). The molecule has 0 aliphatic rings. The SMILES string of the molecule is Nc1ccn(Cc2ccncc2)n1.O=C(Nc1ccn(Cc2ccncc2)n1)C(F)(F)F. The van der Waals surface area contributed by atoms with Crippen molar-refractivity contribution >= 4 is 17.5 Å². The van der Waals surface area contributed by atoms with Gasteiger partial charge in [-0.3, -0.25) is 24.1 Å². The Labute approximate surface area is 180 Å². The van der Waals surface area contributed by atoms with E-state index in [0.717, 1.165) is 17.7 Å². The first-order chi connectivity index (χ1) is 15.3. The molecule has 3 N–H and O–H groups in total. The molecule has 0 aliphatic heterocycles. The van der Waals surface area contributed by atoms with E-state index in [2.05, 4.69) is 20.2 Å². The van der Waals surface area contributed by atoms with Gasteiger partial charge < -0.3 is 11.1 Å². The fourth-order valence-electron chi connectivity index (χ4n) is 2.52. The van der Waals surface area contributed by atoms with Gasteiger partial charge in [-0.2, -0.15) is 23.4 Å². The molecule has 0 radical (unpaired) electrons. The molecule has 32 heavy (non-hydrogen) atoms. The quantitative estimate of drug-likeness (QED) is 0.489. The number of hydrogen-bond donors (Lipinski definition) is 2. The Morgan fingerprint density at radius 3 is 1.81 bits per heavy atom. The number of anilines is 2. The summed E-state index contributed by atoms with van der Waals surface area (Å²) < 4.78 is 39.3. The molecule has 0 unspecified atom stereocenters. The lowest BCUT2D eigenvalue weighted by molar-refractivity contribution is -0.167. The van der Waals surface area contributed by atoms with E-state index in [1.165, 1.54) is 16.9 Å². The van der Waals surface area contributed by atoms with Gasteiger partial charge in [0.25, 0.3) is 0 Å². The van der Waals surface area contributed by atoms with E-state index in [9.17, 15) is 18.0 Å². The zero-order valence-electron chi connectivity index (χ0n) is 16.6. The van der Waals surface area contributed by atoms with Crippen LogP contribution in [0.15, 0.2) is 73.6 Å². The molecule has 1 amide bonds. The maximum atomic E-state index is 12.0. The maximum absolute atomic E-state index is 12.0. The third-order valence-corrected chi connectivity index (χ3v) is 3.99. The Balaban J connectivity index is 0.000000193. The summed E-state index contributed by atoms with van der Waals surface area (Å²) in [4.78, 5) is 18.5. The zero-order valence-corrected chi connectivity index (χ0v) is 16.6. The number of aromatic nitrogens is 6. The van der Waals surface area contributed by atoms with Crippen LogP contribution >= 0.6 is 0 Å². The zero-order chi connectivity index (χ0) is 23.0. The minimum absolute atomic E-state index is 0.142. The number of carbonyl (C=O) groups is 1. The third kappa shape index (κ3) is 6.93. The summed E-state index contributed by atoms with van der Waals surface area (Å²) in [6, 6.07) is 10.5. The first kappa shape index (κ1) is 22.5. The molecule has 0 saturated heterocycles. The van der Waals surface area contributed by atoms with Gasteiger partial charge in [-0.05, 0) is 41.5 Å². The van der Waals surface area contributed by atoms with Gasteiger partial charge in [-0.25, -0.2) is 0 Å². The van der Waals surface area contributed by atoms with Gasteiger partial charge >= 0.3 is 12.1 Å². The first-order valence-electron chi connectivity index (χ1n) is 9.28. The Kier molecular flexibility index (Phi) is 7.16. The van der Waals surface area contributed by atoms with Crippen molar-refractivity contribution in [1.82, 2.24) is 29.5 Å². The topological polar surface area (TPSA) is 117 Å². The highest BCUT2D eigenvalue weighted by Crippen LogP contribution is 2.17. The van der Waals surface area contributed by atoms with E-state index in [0.29, 0.717) is 12.4 Å². The first-order valence-corrected chi connectivity index (χ1v) is 9.28. The fraction of sp³-hybridized carbons (Fsp3) is 0.150. The van der Waals surface area contributed by atoms with Gasteiger partial charge in [-0.1, -0.05) is 0 Å². The number of pyridine rings is 2. The van der Waals surface area contributed by atoms with Gasteiger partial charge in [0.2, 0.25) is 0 Å². The Hall–Kier alpha value is -4.22. The second-order valence-electron chi connectivity index (χ2n) is 6.50. The molecule has 166 valence electrons. The number of rotatable bonds is 5. The molecule has 4 aromatic heterocycles. The molecule has 9 nitrogen and oxygen atoms in total. The fourth-order valence-corrected chi connectivity index (χ4v) is 2.52. The number of nitrogens with zero attached hydrogens (tertiary/aromatic N) is 6. The van der Waals surface area contributed by atoms with Crippen molar-refractivity contribution in [2.24, 2.45) is 0 Å². The molecule has 4 rings (SSSR count). The van der Waals surface area contributed by atoms with Crippen molar-refractivity contribution in [2.75, 3.05) is 11.1 Å². The highest BCUT2D eigenvalue weighted by Gasteiger charge is 2.39. The van der Waals surface area contributed by atoms with E-state index >= 15 is 0 Å². The van der Waals surface area contributed by atoms with E-state index in [1.807, 2.05) is 18.3 Å². The summed E-state index contributed by atoms with van der Waals surface area (Å²) in [6.07, 6.45) is 5.15. The Morgan fingerprint density at radius 2 is 1.34 bits per heavy atom. The van der Waals surface area contributed by atoms with Gasteiger partial charge in [0, 0.05) is 43.2 Å². The second kappa shape index (κ2) is 10.2. The molecule has 4 heterocycles. The lowest BCUT2D eigenvalue weighted by atomic mass is 10.3. The van der Waals surface area contributed by atoms with Crippen molar-refractivity contribution < 1.29 is 18.0 Å². The van der Waals surface area contributed by atoms with Crippen LogP contribution in [0, 0.1) is 0 Å². The van der Waals surface area contributed by atoms with Crippen molar-refractivity contribution in [3.8, 4) is 0 Å². The smallest absolute Gasteiger partial charge is 0.382 e. The van der Waals surface area contributed by atoms with E-state index in [-0.39, 0.29) is 5.82 Å². The monoisotopic (exact) mass is 444 g/mol. The highest BCUT2D eigenvalue weighted by atomic mass is 19.4. The van der Waals surface area contributed by atoms with Crippen molar-refractivity contribution in [3.05, 3.63) is 84.7 Å². The van der Waals surface area contributed by atoms with Crippen LogP contribution in [0.1, 0.15) is 11.1 Å². The molecule has 0 aliphatic carbocycles. The summed E-state index contributed by atoms with van der Waals surface area (Å²) >= 11 is 0. The predicted molar refractivity (Wildman–Crippen MR) is 110 cm³/mol. The van der Waals surface area contributed by atoms with E-state index in [1.54, 1.807) is 53.0 Å². The lowest BCUT2D eigenvalue weighted by Gasteiger charge is -2.05. The molecule has 0 aromatic carbocycles.